The summed E-state index contributed by atoms with van der Waals surface area (Å²) in [6.45, 7) is 0.604. The van der Waals surface area contributed by atoms with E-state index in [1.54, 1.807) is 0 Å². The molecule has 118 valence electrons. The number of carboxylic acid groups (broad SMARTS) is 1. The molecule has 2 unspecified atom stereocenters. The van der Waals surface area contributed by atoms with E-state index in [0.717, 1.165) is 6.42 Å². The van der Waals surface area contributed by atoms with Crippen LogP contribution in [-0.4, -0.2) is 53.4 Å². The van der Waals surface area contributed by atoms with Crippen LogP contribution in [0.2, 0.25) is 0 Å². The van der Waals surface area contributed by atoms with Gasteiger partial charge in [0.05, 0.1) is 6.10 Å². The van der Waals surface area contributed by atoms with Crippen molar-refractivity contribution in [1.29, 1.82) is 0 Å². The van der Waals surface area contributed by atoms with Crippen LogP contribution in [0.4, 0.5) is 0 Å². The lowest BCUT2D eigenvalue weighted by atomic mass is 10.1. The second kappa shape index (κ2) is 10.6. The van der Waals surface area contributed by atoms with E-state index in [2.05, 4.69) is 5.32 Å². The van der Waals surface area contributed by atoms with Crippen LogP contribution in [0, 0.1) is 0 Å². The van der Waals surface area contributed by atoms with Gasteiger partial charge in [-0.25, -0.2) is 0 Å². The highest BCUT2D eigenvalue weighted by Gasteiger charge is 2.15. The maximum atomic E-state index is 11.5. The molecular formula is C12H26N4O4. The van der Waals surface area contributed by atoms with Gasteiger partial charge in [-0.05, 0) is 32.2 Å². The Bertz CT molecular complexity index is 301. The Hall–Kier alpha value is -1.22. The summed E-state index contributed by atoms with van der Waals surface area (Å²) >= 11 is 0. The van der Waals surface area contributed by atoms with E-state index in [9.17, 15) is 14.7 Å². The average molecular weight is 290 g/mol. The van der Waals surface area contributed by atoms with Gasteiger partial charge in [0.1, 0.15) is 6.04 Å². The number of hydrogen-bond donors (Lipinski definition) is 6. The quantitative estimate of drug-likeness (QED) is 0.259. The van der Waals surface area contributed by atoms with Crippen molar-refractivity contribution in [3.8, 4) is 0 Å². The fourth-order valence-corrected chi connectivity index (χ4v) is 1.62. The molecule has 20 heavy (non-hydrogen) atoms. The lowest BCUT2D eigenvalue weighted by Crippen LogP contribution is -2.37. The Morgan fingerprint density at radius 2 is 1.80 bits per heavy atom. The molecule has 0 fully saturated rings. The van der Waals surface area contributed by atoms with Crippen molar-refractivity contribution in [2.75, 3.05) is 13.1 Å². The first kappa shape index (κ1) is 18.8. The molecule has 9 N–H and O–H groups in total. The van der Waals surface area contributed by atoms with Crippen molar-refractivity contribution in [2.24, 2.45) is 17.2 Å². The van der Waals surface area contributed by atoms with Crippen LogP contribution in [-0.2, 0) is 9.59 Å². The second-order valence-corrected chi connectivity index (χ2v) is 4.88. The molecule has 0 aliphatic heterocycles. The summed E-state index contributed by atoms with van der Waals surface area (Å²) in [4.78, 5) is 22.0. The average Bonchev–Trinajstić information content (AvgIpc) is 2.39. The standard InChI is InChI=1S/C12H26N4O4/c13-5-1-2-8(14)6-11(18)16-7-9(17)3-4-10(15)12(19)20/h8-10,17H,1-7,13-15H2,(H,16,18)(H,19,20)/t8?,9?,10-/m0/s1. The van der Waals surface area contributed by atoms with E-state index in [4.69, 9.17) is 22.3 Å². The Balaban J connectivity index is 3.75. The fourth-order valence-electron chi connectivity index (χ4n) is 1.62. The molecule has 0 spiro atoms. The number of amides is 1. The molecule has 0 saturated heterocycles. The van der Waals surface area contributed by atoms with Gasteiger partial charge in [0.2, 0.25) is 5.91 Å². The lowest BCUT2D eigenvalue weighted by molar-refractivity contribution is -0.138. The Morgan fingerprint density at radius 1 is 1.15 bits per heavy atom. The number of carboxylic acids is 1. The molecule has 3 atom stereocenters. The molecule has 0 heterocycles. The minimum atomic E-state index is -1.10. The van der Waals surface area contributed by atoms with Crippen molar-refractivity contribution < 1.29 is 19.8 Å². The second-order valence-electron chi connectivity index (χ2n) is 4.88. The number of hydrogen-bond acceptors (Lipinski definition) is 6. The van der Waals surface area contributed by atoms with Crippen LogP contribution in [0.1, 0.15) is 32.1 Å². The van der Waals surface area contributed by atoms with Crippen molar-refractivity contribution in [3.05, 3.63) is 0 Å². The van der Waals surface area contributed by atoms with E-state index < -0.39 is 18.1 Å². The molecule has 0 rings (SSSR count). The molecule has 0 aromatic heterocycles. The predicted molar refractivity (Wildman–Crippen MR) is 74.7 cm³/mol. The Kier molecular flexibility index (Phi) is 9.91. The van der Waals surface area contributed by atoms with Gasteiger partial charge in [0.15, 0.2) is 0 Å². The van der Waals surface area contributed by atoms with Gasteiger partial charge >= 0.3 is 5.97 Å². The molecule has 0 saturated carbocycles. The van der Waals surface area contributed by atoms with Crippen LogP contribution in [0.25, 0.3) is 0 Å². The van der Waals surface area contributed by atoms with Crippen molar-refractivity contribution in [1.82, 2.24) is 5.32 Å². The van der Waals surface area contributed by atoms with Crippen LogP contribution in [0.15, 0.2) is 0 Å². The zero-order valence-corrected chi connectivity index (χ0v) is 11.6. The highest BCUT2D eigenvalue weighted by atomic mass is 16.4. The van der Waals surface area contributed by atoms with Crippen LogP contribution < -0.4 is 22.5 Å². The Morgan fingerprint density at radius 3 is 2.35 bits per heavy atom. The summed E-state index contributed by atoms with van der Waals surface area (Å²) in [5.41, 5.74) is 16.4. The topological polar surface area (TPSA) is 165 Å². The highest BCUT2D eigenvalue weighted by Crippen LogP contribution is 2.01. The van der Waals surface area contributed by atoms with Gasteiger partial charge in [-0.15, -0.1) is 0 Å². The van der Waals surface area contributed by atoms with Crippen LogP contribution >= 0.6 is 0 Å². The third-order valence-electron chi connectivity index (χ3n) is 2.89. The van der Waals surface area contributed by atoms with Crippen LogP contribution in [0.3, 0.4) is 0 Å². The molecule has 0 aliphatic rings. The molecule has 0 bridgehead atoms. The van der Waals surface area contributed by atoms with E-state index in [1.165, 1.54) is 0 Å². The molecule has 0 aromatic rings. The van der Waals surface area contributed by atoms with E-state index in [0.29, 0.717) is 13.0 Å². The van der Waals surface area contributed by atoms with E-state index in [1.807, 2.05) is 0 Å². The van der Waals surface area contributed by atoms with Gasteiger partial charge < -0.3 is 32.7 Å². The smallest absolute Gasteiger partial charge is 0.320 e. The molecule has 0 aliphatic carbocycles. The number of carbonyl (C=O) groups excluding carboxylic acids is 1. The third-order valence-corrected chi connectivity index (χ3v) is 2.89. The first-order chi connectivity index (χ1) is 9.36. The predicted octanol–water partition coefficient (Wildman–Crippen LogP) is -1.89. The SMILES string of the molecule is NCCCC(N)CC(=O)NCC(O)CC[C@H](N)C(=O)O. The van der Waals surface area contributed by atoms with E-state index in [-0.39, 0.29) is 37.8 Å². The van der Waals surface area contributed by atoms with Gasteiger partial charge in [0.25, 0.3) is 0 Å². The fraction of sp³-hybridized carbons (Fsp3) is 0.833. The maximum Gasteiger partial charge on any atom is 0.320 e. The first-order valence-electron chi connectivity index (χ1n) is 6.75. The summed E-state index contributed by atoms with van der Waals surface area (Å²) in [6, 6.07) is -1.24. The number of nitrogens with one attached hydrogen (secondary N) is 1. The van der Waals surface area contributed by atoms with Crippen molar-refractivity contribution >= 4 is 11.9 Å². The van der Waals surface area contributed by atoms with Gasteiger partial charge in [0, 0.05) is 19.0 Å². The van der Waals surface area contributed by atoms with Crippen molar-refractivity contribution in [2.45, 2.75) is 50.3 Å². The normalized spacial score (nSPS) is 15.4. The van der Waals surface area contributed by atoms with Gasteiger partial charge in [-0.3, -0.25) is 9.59 Å². The molecule has 0 aromatic carbocycles. The largest absolute Gasteiger partial charge is 0.480 e. The van der Waals surface area contributed by atoms with Gasteiger partial charge in [-0.2, -0.15) is 0 Å². The number of aliphatic hydroxyl groups is 1. The molecule has 8 nitrogen and oxygen atoms in total. The number of carbonyl (C=O) groups is 2. The molecule has 8 heteroatoms. The number of rotatable bonds is 11. The summed E-state index contributed by atoms with van der Waals surface area (Å²) in [5.74, 6) is -1.34. The highest BCUT2D eigenvalue weighted by molar-refractivity contribution is 5.76. The minimum absolute atomic E-state index is 0.0643. The molecule has 1 amide bonds. The number of aliphatic carboxylic acids is 1. The van der Waals surface area contributed by atoms with E-state index >= 15 is 0 Å². The van der Waals surface area contributed by atoms with Gasteiger partial charge in [-0.1, -0.05) is 0 Å². The zero-order valence-electron chi connectivity index (χ0n) is 11.6. The maximum absolute atomic E-state index is 11.5. The summed E-state index contributed by atoms with van der Waals surface area (Å²) in [5, 5.41) is 20.7. The first-order valence-corrected chi connectivity index (χ1v) is 6.75. The summed E-state index contributed by atoms with van der Waals surface area (Å²) in [6.07, 6.45) is 1.19. The zero-order chi connectivity index (χ0) is 15.5. The summed E-state index contributed by atoms with van der Waals surface area (Å²) in [7, 11) is 0. The Labute approximate surface area is 118 Å². The molecule has 0 radical (unpaired) electrons. The minimum Gasteiger partial charge on any atom is -0.480 e. The van der Waals surface area contributed by atoms with Crippen LogP contribution in [0.5, 0.6) is 0 Å². The molecular weight excluding hydrogens is 264 g/mol. The number of nitrogens with two attached hydrogens (primary N) is 3. The monoisotopic (exact) mass is 290 g/mol. The number of aliphatic hydroxyl groups excluding tert-OH is 1. The summed E-state index contributed by atoms with van der Waals surface area (Å²) < 4.78 is 0. The lowest BCUT2D eigenvalue weighted by Gasteiger charge is -2.15. The third kappa shape index (κ3) is 9.68. The van der Waals surface area contributed by atoms with Crippen molar-refractivity contribution in [3.63, 3.8) is 0 Å².